The monoisotopic (exact) mass is 1700 g/mol. The molecule has 21 rings (SSSR count). The summed E-state index contributed by atoms with van der Waals surface area (Å²) in [4.78, 5) is 40.4. The lowest BCUT2D eigenvalue weighted by molar-refractivity contribution is -0.137. The molecular weight excluding hydrogens is 1640 g/mol. The summed E-state index contributed by atoms with van der Waals surface area (Å²) in [6, 6.07) is 48.5. The van der Waals surface area contributed by atoms with E-state index in [4.69, 9.17) is 4.98 Å². The highest BCUT2D eigenvalue weighted by Crippen LogP contribution is 2.38. The standard InChI is InChI=1S/C21H14F4N6S.C21H15N9S.2C20H14F2N6S/c22-14-6-11(5-13(8-14)21(23,24)25)9-26-20-29-17-3-4-32-18(17)19(30-20)28-15-1-2-16-12(7-15)10-27-31-16;1-4-16(30-12-22-11-24-30)5-2-14(1)26-21-27-18-7-8-31-19(18)20(28-21)25-15-3-6-17-13(9-15)10-23-29-17;21-14-3-1-11(7-15(14)22)9-23-20-26-17-5-6-29-18(17)19(27-20)25-13-2-4-16-12(8-13)10-24-28-16;21-13-5-11(6-14(22)8-13)9-23-20-26-17-3-4-29-18(17)19(27-20)25-15-1-2-16-12(7-15)10-24-28-16/h1-8,10H,9H2,(H,27,31)(H2,26,28,29,30);1-12H,(H,23,29)(H2,25,26,27,28);2*1-8,10H,9H2,(H,24,28)(H2,23,25,26,27). The van der Waals surface area contributed by atoms with E-state index >= 15 is 0 Å². The van der Waals surface area contributed by atoms with Crippen molar-refractivity contribution >= 4 is 205 Å². The molecule has 0 amide bonds. The second-order valence-corrected chi connectivity index (χ2v) is 30.4. The van der Waals surface area contributed by atoms with Crippen molar-refractivity contribution in [3.05, 3.63) is 286 Å². The van der Waals surface area contributed by atoms with Gasteiger partial charge in [0, 0.05) is 75.7 Å². The number of alkyl halides is 3. The zero-order chi connectivity index (χ0) is 82.5. The zero-order valence-electron chi connectivity index (χ0n) is 62.0. The van der Waals surface area contributed by atoms with E-state index in [1.165, 1.54) is 47.2 Å². The first kappa shape index (κ1) is 77.0. The van der Waals surface area contributed by atoms with Crippen molar-refractivity contribution in [1.82, 2.24) is 95.4 Å². The predicted octanol–water partition coefficient (Wildman–Crippen LogP) is 21.1. The number of nitrogens with one attached hydrogen (secondary N) is 12. The van der Waals surface area contributed by atoms with Gasteiger partial charge in [0.15, 0.2) is 34.9 Å². The SMILES string of the molecule is Fc1cc(CNc2nc(Nc3ccc4[nH]ncc4c3)c3sccc3n2)cc(C(F)(F)F)c1.Fc1cc(F)cc(CNc2nc(Nc3ccc4[nH]ncc4c3)c3sccc3n2)c1.Fc1ccc(CNc2nc(Nc3ccc4[nH]ncc4c3)c3sccc3n2)cc1F.c1ncn(-c2ccc(Nc3nc(Nc4ccc5[nH]ncc5c4)c4sccc4n3)cc2)n1. The van der Waals surface area contributed by atoms with Crippen molar-refractivity contribution in [3.8, 4) is 5.69 Å². The first-order valence-electron chi connectivity index (χ1n) is 36.5. The van der Waals surface area contributed by atoms with Gasteiger partial charge < -0.3 is 42.5 Å². The van der Waals surface area contributed by atoms with Crippen LogP contribution in [0.4, 0.5) is 111 Å². The van der Waals surface area contributed by atoms with E-state index in [0.717, 1.165) is 149 Å². The molecule has 0 saturated heterocycles. The Hall–Kier alpha value is -15.2. The summed E-state index contributed by atoms with van der Waals surface area (Å²) in [6.45, 7) is 0.398. The number of halogens is 8. The molecule has 0 aliphatic carbocycles. The Labute approximate surface area is 692 Å². The Morgan fingerprint density at radius 2 is 0.711 bits per heavy atom. The van der Waals surface area contributed by atoms with Gasteiger partial charge in [-0.2, -0.15) is 58.6 Å². The van der Waals surface area contributed by atoms with E-state index < -0.39 is 40.8 Å². The van der Waals surface area contributed by atoms with Gasteiger partial charge in [-0.1, -0.05) is 6.07 Å². The van der Waals surface area contributed by atoms with Crippen molar-refractivity contribution in [2.75, 3.05) is 42.5 Å². The van der Waals surface area contributed by atoms with Gasteiger partial charge in [-0.3, -0.25) is 20.4 Å². The minimum Gasteiger partial charge on any atom is -0.350 e. The zero-order valence-corrected chi connectivity index (χ0v) is 65.3. The minimum absolute atomic E-state index is 0.0725. The fraction of sp³-hybridized carbons (Fsp3) is 0.0488. The average molecular weight is 1700 g/mol. The van der Waals surface area contributed by atoms with Gasteiger partial charge in [0.2, 0.25) is 23.8 Å². The number of aromatic nitrogens is 19. The summed E-state index contributed by atoms with van der Waals surface area (Å²) in [5.74, 6) is 0.175. The van der Waals surface area contributed by atoms with Crippen LogP contribution in [-0.2, 0) is 25.8 Å². The highest BCUT2D eigenvalue weighted by molar-refractivity contribution is 7.18. The van der Waals surface area contributed by atoms with Gasteiger partial charge in [-0.05, 0) is 202 Å². The molecule has 8 aromatic carbocycles. The molecule has 0 fully saturated rings. The van der Waals surface area contributed by atoms with Crippen molar-refractivity contribution in [3.63, 3.8) is 0 Å². The van der Waals surface area contributed by atoms with Crippen LogP contribution in [0.2, 0.25) is 0 Å². The minimum atomic E-state index is -4.63. The van der Waals surface area contributed by atoms with E-state index in [1.54, 1.807) is 58.5 Å². The summed E-state index contributed by atoms with van der Waals surface area (Å²) in [6.07, 6.45) is 5.57. The third kappa shape index (κ3) is 18.0. The molecule has 0 aliphatic heterocycles. The maximum Gasteiger partial charge on any atom is 0.416 e. The molecule has 0 unspecified atom stereocenters. The fourth-order valence-corrected chi connectivity index (χ4v) is 15.8. The molecule has 21 aromatic rings. The Morgan fingerprint density at radius 1 is 0.339 bits per heavy atom. The van der Waals surface area contributed by atoms with Crippen LogP contribution in [0, 0.1) is 29.1 Å². The van der Waals surface area contributed by atoms with Crippen LogP contribution in [0.1, 0.15) is 22.3 Å². The molecule has 600 valence electrons. The number of hydrogen-bond donors (Lipinski definition) is 12. The molecule has 0 saturated carbocycles. The molecule has 0 aliphatic rings. The molecule has 0 radical (unpaired) electrons. The number of aromatic amines is 4. The third-order valence-electron chi connectivity index (χ3n) is 18.4. The predicted molar refractivity (Wildman–Crippen MR) is 458 cm³/mol. The van der Waals surface area contributed by atoms with E-state index in [2.05, 4.69) is 128 Å². The van der Waals surface area contributed by atoms with E-state index in [0.29, 0.717) is 58.0 Å². The van der Waals surface area contributed by atoms with E-state index in [-0.39, 0.29) is 31.1 Å². The first-order chi connectivity index (χ1) is 59.0. The third-order valence-corrected chi connectivity index (χ3v) is 22.0. The van der Waals surface area contributed by atoms with Gasteiger partial charge in [-0.25, -0.2) is 51.6 Å². The highest BCUT2D eigenvalue weighted by Gasteiger charge is 2.31. The lowest BCUT2D eigenvalue weighted by Crippen LogP contribution is -2.09. The van der Waals surface area contributed by atoms with Gasteiger partial charge in [0.1, 0.15) is 30.1 Å². The smallest absolute Gasteiger partial charge is 0.350 e. The van der Waals surface area contributed by atoms with Crippen LogP contribution in [-0.4, -0.2) is 95.4 Å². The van der Waals surface area contributed by atoms with Crippen LogP contribution in [0.3, 0.4) is 0 Å². The number of H-pyrrole nitrogens is 4. The second-order valence-electron chi connectivity index (χ2n) is 26.8. The number of fused-ring (bicyclic) bond motifs is 8. The Kier molecular flexibility index (Phi) is 21.5. The van der Waals surface area contributed by atoms with Gasteiger partial charge in [0.05, 0.1) is 99.0 Å². The maximum absolute atomic E-state index is 13.7. The summed E-state index contributed by atoms with van der Waals surface area (Å²) >= 11 is 6.14. The maximum atomic E-state index is 13.7. The normalized spacial score (nSPS) is 11.4. The summed E-state index contributed by atoms with van der Waals surface area (Å²) < 4.78 is 111. The van der Waals surface area contributed by atoms with Gasteiger partial charge in [0.25, 0.3) is 0 Å². The lowest BCUT2D eigenvalue weighted by Gasteiger charge is -2.12. The number of rotatable bonds is 20. The Morgan fingerprint density at radius 3 is 1.10 bits per heavy atom. The van der Waals surface area contributed by atoms with Crippen LogP contribution in [0.15, 0.2) is 235 Å². The van der Waals surface area contributed by atoms with Crippen LogP contribution >= 0.6 is 45.3 Å². The summed E-state index contributed by atoms with van der Waals surface area (Å²) in [7, 11) is 0. The van der Waals surface area contributed by atoms with Crippen molar-refractivity contribution in [2.24, 2.45) is 0 Å². The first-order valence-corrected chi connectivity index (χ1v) is 40.0. The van der Waals surface area contributed by atoms with Crippen LogP contribution in [0.25, 0.3) is 90.2 Å². The molecule has 0 atom stereocenters. The quantitative estimate of drug-likeness (QED) is 0.0315. The highest BCUT2D eigenvalue weighted by atomic mass is 32.1. The number of nitrogens with zero attached hydrogens (tertiary/aromatic N) is 15. The van der Waals surface area contributed by atoms with Gasteiger partial charge >= 0.3 is 6.18 Å². The topological polar surface area (TPSA) is 345 Å². The van der Waals surface area contributed by atoms with Crippen LogP contribution < -0.4 is 42.5 Å². The summed E-state index contributed by atoms with van der Waals surface area (Å²) in [5.41, 5.74) is 12.4. The summed E-state index contributed by atoms with van der Waals surface area (Å²) in [5, 5.41) is 69.4. The molecule has 0 bridgehead atoms. The number of anilines is 13. The molecule has 39 heteroatoms. The van der Waals surface area contributed by atoms with Crippen molar-refractivity contribution in [2.45, 2.75) is 25.8 Å². The Bertz CT molecular complexity index is 7270. The molecular formula is C82H57F8N27S4. The second kappa shape index (κ2) is 33.8. The number of hydrogen-bond acceptors (Lipinski definition) is 26. The molecule has 12 N–H and O–H groups in total. The van der Waals surface area contributed by atoms with E-state index in [1.807, 2.05) is 143 Å². The number of benzene rings is 8. The molecule has 121 heavy (non-hydrogen) atoms. The van der Waals surface area contributed by atoms with E-state index in [9.17, 15) is 35.1 Å². The lowest BCUT2D eigenvalue weighted by atomic mass is 10.1. The average Bonchev–Trinajstić information content (AvgIpc) is 1.71. The van der Waals surface area contributed by atoms with Gasteiger partial charge in [-0.15, -0.1) is 45.3 Å². The van der Waals surface area contributed by atoms with Crippen molar-refractivity contribution < 1.29 is 35.1 Å². The van der Waals surface area contributed by atoms with Crippen molar-refractivity contribution in [1.29, 1.82) is 0 Å². The fourth-order valence-electron chi connectivity index (χ4n) is 12.7. The largest absolute Gasteiger partial charge is 0.416 e. The molecule has 0 spiro atoms. The number of thiophene rings is 4. The molecule has 27 nitrogen and oxygen atoms in total. The molecule has 13 heterocycles. The molecule has 13 aromatic heterocycles. The van der Waals surface area contributed by atoms with Crippen LogP contribution in [0.5, 0.6) is 0 Å². The Balaban J connectivity index is 0.000000111.